The first-order valence-electron chi connectivity index (χ1n) is 13.4. The minimum atomic E-state index is -3.29. The summed E-state index contributed by atoms with van der Waals surface area (Å²) in [7, 11) is -3.29. The molecule has 4 heterocycles. The monoisotopic (exact) mass is 541 g/mol. The molecule has 0 bridgehead atoms. The topological polar surface area (TPSA) is 101 Å². The van der Waals surface area contributed by atoms with Crippen molar-refractivity contribution in [2.45, 2.75) is 69.5 Å². The van der Waals surface area contributed by atoms with E-state index in [2.05, 4.69) is 16.9 Å². The molecule has 38 heavy (non-hydrogen) atoms. The summed E-state index contributed by atoms with van der Waals surface area (Å²) in [5.74, 6) is -0.555. The molecule has 1 aromatic carbocycles. The van der Waals surface area contributed by atoms with Gasteiger partial charge < -0.3 is 23.8 Å². The van der Waals surface area contributed by atoms with E-state index in [0.717, 1.165) is 17.8 Å². The summed E-state index contributed by atoms with van der Waals surface area (Å²) in [4.78, 5) is 30.1. The number of carbonyl (C=O) groups excluding carboxylic acids is 2. The van der Waals surface area contributed by atoms with Crippen LogP contribution in [0, 0.1) is 5.92 Å². The number of ether oxygens (including phenoxy) is 1. The van der Waals surface area contributed by atoms with Gasteiger partial charge in [0.2, 0.25) is 14.3 Å². The molecule has 5 rings (SSSR count). The summed E-state index contributed by atoms with van der Waals surface area (Å²) in [5, 5.41) is 17.4. The molecule has 0 radical (unpaired) electrons. The van der Waals surface area contributed by atoms with Crippen LogP contribution in [0.3, 0.4) is 0 Å². The summed E-state index contributed by atoms with van der Waals surface area (Å²) in [6, 6.07) is 5.66. The van der Waals surface area contributed by atoms with Crippen LogP contribution in [0.25, 0.3) is 0 Å². The second-order valence-electron chi connectivity index (χ2n) is 11.1. The molecule has 2 amide bonds. The summed E-state index contributed by atoms with van der Waals surface area (Å²) < 4.78 is 24.4. The smallest absolute Gasteiger partial charge is 0.264 e. The first-order chi connectivity index (χ1) is 18.1. The van der Waals surface area contributed by atoms with E-state index in [1.165, 1.54) is 0 Å². The van der Waals surface area contributed by atoms with Gasteiger partial charge in [-0.15, -0.1) is 11.7 Å². The van der Waals surface area contributed by atoms with Gasteiger partial charge in [-0.3, -0.25) is 14.3 Å². The summed E-state index contributed by atoms with van der Waals surface area (Å²) in [6.45, 7) is 10.5. The number of hydrogen-bond donors (Lipinski definition) is 1. The highest BCUT2D eigenvalue weighted by Crippen LogP contribution is 2.60. The number of hydrogen-bond acceptors (Lipinski definition) is 6. The number of rotatable bonds is 9. The number of anilines is 2. The Balaban J connectivity index is 1.53. The van der Waals surface area contributed by atoms with Crippen LogP contribution in [-0.2, 0) is 32.9 Å². The summed E-state index contributed by atoms with van der Waals surface area (Å²) in [6.07, 6.45) is 5.13. The number of aryl methyl sites for hydroxylation is 1. The molecule has 1 aromatic heterocycles. The third kappa shape index (κ3) is 4.30. The molecule has 3 aliphatic rings. The molecule has 0 unspecified atom stereocenters. The molecule has 2 fully saturated rings. The van der Waals surface area contributed by atoms with Crippen molar-refractivity contribution in [3.63, 3.8) is 0 Å². The lowest BCUT2D eigenvalue weighted by atomic mass is 9.82. The minimum absolute atomic E-state index is 0.0120. The molecule has 0 aliphatic carbocycles. The predicted molar refractivity (Wildman–Crippen MR) is 144 cm³/mol. The highest BCUT2D eigenvalue weighted by atomic mass is 28.4. The molecule has 0 saturated carbocycles. The molecule has 2 saturated heterocycles. The molecule has 4 atom stereocenters. The van der Waals surface area contributed by atoms with Gasteiger partial charge in [-0.05, 0) is 44.1 Å². The molecule has 1 N–H and O–H groups in total. The number of halogens is 1. The van der Waals surface area contributed by atoms with E-state index in [-0.39, 0.29) is 18.4 Å². The second kappa shape index (κ2) is 10.0. The summed E-state index contributed by atoms with van der Waals surface area (Å²) in [5.41, 5.74) is 1.08. The number of nitrogens with zero attached hydrogens (tertiary/aromatic N) is 5. The first-order valence-corrected chi connectivity index (χ1v) is 16.3. The maximum atomic E-state index is 16.0. The van der Waals surface area contributed by atoms with Crippen LogP contribution in [0.4, 0.5) is 15.5 Å². The lowest BCUT2D eigenvalue weighted by Crippen LogP contribution is -2.45. The molecular weight excluding hydrogens is 505 g/mol. The van der Waals surface area contributed by atoms with E-state index in [9.17, 15) is 14.7 Å². The molecule has 3 aliphatic heterocycles. The quantitative estimate of drug-likeness (QED) is 0.297. The van der Waals surface area contributed by atoms with Crippen molar-refractivity contribution in [3.05, 3.63) is 48.3 Å². The van der Waals surface area contributed by atoms with Crippen LogP contribution in [0.15, 0.2) is 37.1 Å². The second-order valence-corrected chi connectivity index (χ2v) is 14.9. The van der Waals surface area contributed by atoms with Gasteiger partial charge in [0, 0.05) is 68.0 Å². The summed E-state index contributed by atoms with van der Waals surface area (Å²) >= 11 is 0. The molecule has 11 heteroatoms. The average molecular weight is 542 g/mol. The fourth-order valence-corrected chi connectivity index (χ4v) is 9.18. The highest BCUT2D eigenvalue weighted by molar-refractivity contribution is 6.72. The number of aliphatic hydroxyl groups is 1. The number of aromatic nitrogens is 3. The van der Waals surface area contributed by atoms with E-state index >= 15 is 4.11 Å². The predicted octanol–water partition coefficient (Wildman–Crippen LogP) is 3.34. The van der Waals surface area contributed by atoms with Gasteiger partial charge in [0.05, 0.1) is 17.5 Å². The normalized spacial score (nSPS) is 27.1. The number of carbonyl (C=O) groups is 2. The maximum absolute atomic E-state index is 16.0. The third-order valence-electron chi connectivity index (χ3n) is 8.24. The lowest BCUT2D eigenvalue weighted by Gasteiger charge is -2.31. The van der Waals surface area contributed by atoms with Crippen LogP contribution in [-0.4, -0.2) is 66.1 Å². The van der Waals surface area contributed by atoms with Gasteiger partial charge in [-0.1, -0.05) is 18.2 Å². The Kier molecular flexibility index (Phi) is 7.04. The average Bonchev–Trinajstić information content (AvgIpc) is 3.61. The van der Waals surface area contributed by atoms with Crippen LogP contribution in [0.1, 0.15) is 37.4 Å². The van der Waals surface area contributed by atoms with Crippen molar-refractivity contribution in [3.8, 4) is 0 Å². The number of aliphatic hydroxyl groups excluding tert-OH is 1. The van der Waals surface area contributed by atoms with Crippen molar-refractivity contribution >= 4 is 31.6 Å². The Labute approximate surface area is 223 Å². The fourth-order valence-electron chi connectivity index (χ4n) is 6.64. The molecule has 204 valence electrons. The fraction of sp³-hybridized carbons (Fsp3) is 0.556. The van der Waals surface area contributed by atoms with Gasteiger partial charge in [-0.25, -0.2) is 0 Å². The molecule has 9 nitrogen and oxygen atoms in total. The number of fused-ring (bicyclic) bond motifs is 2. The van der Waals surface area contributed by atoms with Gasteiger partial charge in [0.25, 0.3) is 5.91 Å². The Morgan fingerprint density at radius 3 is 2.79 bits per heavy atom. The van der Waals surface area contributed by atoms with Gasteiger partial charge in [-0.2, -0.15) is 0 Å². The Hall–Kier alpha value is -2.89. The molecule has 1 spiro atoms. The first kappa shape index (κ1) is 26.7. The third-order valence-corrected chi connectivity index (χ3v) is 10.7. The lowest BCUT2D eigenvalue weighted by molar-refractivity contribution is -0.145. The van der Waals surface area contributed by atoms with E-state index in [0.29, 0.717) is 50.2 Å². The standard InChI is InChI=1S/C27H36FN5O4Si/c1-5-12-33-22-9-8-20(32-13-6-7-24(32)35)16-21(22)27(26(33)36)18(2)25(38(3,4)28)23(37-27)10-14-31-17-19(11-15-34)29-30-31/h5,8-9,16-18,23,25,34H,1,6-7,10-15H2,2-4H3/t18-,23+,25-,27+/m1/s1. The van der Waals surface area contributed by atoms with Gasteiger partial charge >= 0.3 is 0 Å². The number of amides is 2. The molecule has 2 aromatic rings. The highest BCUT2D eigenvalue weighted by Gasteiger charge is 2.66. The Bertz CT molecular complexity index is 1250. The van der Waals surface area contributed by atoms with Crippen molar-refractivity contribution < 1.29 is 23.5 Å². The van der Waals surface area contributed by atoms with Crippen LogP contribution in [0.5, 0.6) is 0 Å². The van der Waals surface area contributed by atoms with Crippen LogP contribution in [0.2, 0.25) is 18.6 Å². The van der Waals surface area contributed by atoms with E-state index < -0.39 is 31.6 Å². The van der Waals surface area contributed by atoms with Crippen molar-refractivity contribution in [2.75, 3.05) is 29.5 Å². The SMILES string of the molecule is C=CCN1C(=O)[C@@]2(O[C@@H](CCn3cc(CCO)nn3)[C@H]([Si](C)(C)F)[C@H]2C)c2cc(N3CCCC3=O)ccc21. The zero-order chi connectivity index (χ0) is 27.2. The van der Waals surface area contributed by atoms with Crippen molar-refractivity contribution in [2.24, 2.45) is 5.92 Å². The Morgan fingerprint density at radius 2 is 2.13 bits per heavy atom. The van der Waals surface area contributed by atoms with E-state index in [1.807, 2.05) is 25.1 Å². The van der Waals surface area contributed by atoms with E-state index in [4.69, 9.17) is 4.74 Å². The minimum Gasteiger partial charge on any atom is -0.396 e. The number of benzene rings is 1. The van der Waals surface area contributed by atoms with E-state index in [1.54, 1.807) is 39.8 Å². The van der Waals surface area contributed by atoms with Crippen molar-refractivity contribution in [1.82, 2.24) is 15.0 Å². The Morgan fingerprint density at radius 1 is 1.34 bits per heavy atom. The largest absolute Gasteiger partial charge is 0.396 e. The van der Waals surface area contributed by atoms with Gasteiger partial charge in [0.15, 0.2) is 5.60 Å². The molecular formula is C27H36FN5O4Si. The van der Waals surface area contributed by atoms with Gasteiger partial charge in [0.1, 0.15) is 0 Å². The van der Waals surface area contributed by atoms with Crippen molar-refractivity contribution in [1.29, 1.82) is 0 Å². The zero-order valence-corrected chi connectivity index (χ0v) is 23.3. The maximum Gasteiger partial charge on any atom is 0.264 e. The van der Waals surface area contributed by atoms with Crippen LogP contribution < -0.4 is 9.80 Å². The zero-order valence-electron chi connectivity index (χ0n) is 22.3. The van der Waals surface area contributed by atoms with Crippen LogP contribution >= 0.6 is 0 Å².